The zero-order valence-electron chi connectivity index (χ0n) is 10.8. The molecule has 0 amide bonds. The summed E-state index contributed by atoms with van der Waals surface area (Å²) in [6.45, 7) is 6.48. The lowest BCUT2D eigenvalue weighted by Gasteiger charge is -2.25. The zero-order chi connectivity index (χ0) is 12.9. The van der Waals surface area contributed by atoms with E-state index in [-0.39, 0.29) is 12.4 Å². The third kappa shape index (κ3) is 3.70. The van der Waals surface area contributed by atoms with Gasteiger partial charge >= 0.3 is 0 Å². The van der Waals surface area contributed by atoms with E-state index in [1.54, 1.807) is 6.07 Å². The van der Waals surface area contributed by atoms with Crippen LogP contribution in [-0.2, 0) is 5.41 Å². The van der Waals surface area contributed by atoms with Gasteiger partial charge in [-0.25, -0.2) is 4.39 Å². The molecule has 0 aromatic heterocycles. The van der Waals surface area contributed by atoms with Crippen molar-refractivity contribution in [3.8, 4) is 5.75 Å². The molecule has 0 unspecified atom stereocenters. The number of unbranched alkanes of at least 4 members (excludes halogenated alkanes) is 1. The van der Waals surface area contributed by atoms with Gasteiger partial charge in [-0.3, -0.25) is 0 Å². The topological polar surface area (TPSA) is 29.5 Å². The minimum absolute atomic E-state index is 0.00275. The fourth-order valence-electron chi connectivity index (χ4n) is 1.59. The van der Waals surface area contributed by atoms with Crippen LogP contribution < -0.4 is 4.74 Å². The van der Waals surface area contributed by atoms with Crippen LogP contribution >= 0.6 is 0 Å². The lowest BCUT2D eigenvalue weighted by atomic mass is 9.85. The van der Waals surface area contributed by atoms with Crippen LogP contribution in [0.25, 0.3) is 0 Å². The SMILES string of the molecule is CCCCOc1cc(F)ccc1C(C)(C)CO. The number of hydrogen-bond donors (Lipinski definition) is 1. The maximum atomic E-state index is 13.2. The van der Waals surface area contributed by atoms with Gasteiger partial charge in [0, 0.05) is 17.0 Å². The van der Waals surface area contributed by atoms with Gasteiger partial charge in [-0.2, -0.15) is 0 Å². The summed E-state index contributed by atoms with van der Waals surface area (Å²) >= 11 is 0. The molecule has 0 heterocycles. The Balaban J connectivity index is 2.95. The molecule has 0 saturated heterocycles. The predicted octanol–water partition coefficient (Wildman–Crippen LogP) is 3.27. The van der Waals surface area contributed by atoms with Crippen molar-refractivity contribution in [2.24, 2.45) is 0 Å². The average Bonchev–Trinajstić information content (AvgIpc) is 2.29. The maximum Gasteiger partial charge on any atom is 0.126 e. The van der Waals surface area contributed by atoms with E-state index in [0.717, 1.165) is 18.4 Å². The first kappa shape index (κ1) is 14.0. The van der Waals surface area contributed by atoms with Crippen molar-refractivity contribution < 1.29 is 14.2 Å². The minimum Gasteiger partial charge on any atom is -0.493 e. The monoisotopic (exact) mass is 240 g/mol. The van der Waals surface area contributed by atoms with E-state index in [1.165, 1.54) is 12.1 Å². The van der Waals surface area contributed by atoms with E-state index in [1.807, 2.05) is 13.8 Å². The molecular weight excluding hydrogens is 219 g/mol. The molecule has 0 aliphatic heterocycles. The van der Waals surface area contributed by atoms with Gasteiger partial charge < -0.3 is 9.84 Å². The molecule has 1 aromatic rings. The summed E-state index contributed by atoms with van der Waals surface area (Å²) in [5.41, 5.74) is 0.424. The number of benzene rings is 1. The number of aliphatic hydroxyl groups is 1. The molecule has 0 spiro atoms. The van der Waals surface area contributed by atoms with Crippen LogP contribution in [0.3, 0.4) is 0 Å². The van der Waals surface area contributed by atoms with E-state index >= 15 is 0 Å². The van der Waals surface area contributed by atoms with Crippen LogP contribution in [0.1, 0.15) is 39.2 Å². The van der Waals surface area contributed by atoms with Crippen molar-refractivity contribution in [1.82, 2.24) is 0 Å². The second-order valence-electron chi connectivity index (χ2n) is 4.88. The first-order chi connectivity index (χ1) is 8.01. The Morgan fingerprint density at radius 2 is 2.06 bits per heavy atom. The Bertz CT molecular complexity index is 361. The molecule has 0 bridgehead atoms. The van der Waals surface area contributed by atoms with Gasteiger partial charge in [0.15, 0.2) is 0 Å². The van der Waals surface area contributed by atoms with E-state index in [0.29, 0.717) is 12.4 Å². The van der Waals surface area contributed by atoms with Gasteiger partial charge in [0.05, 0.1) is 13.2 Å². The van der Waals surface area contributed by atoms with Crippen LogP contribution in [-0.4, -0.2) is 18.3 Å². The number of halogens is 1. The smallest absolute Gasteiger partial charge is 0.126 e. The quantitative estimate of drug-likeness (QED) is 0.773. The third-order valence-corrected chi connectivity index (χ3v) is 2.82. The molecule has 1 aromatic carbocycles. The van der Waals surface area contributed by atoms with Gasteiger partial charge in [0.1, 0.15) is 11.6 Å². The largest absolute Gasteiger partial charge is 0.493 e. The Labute approximate surface area is 102 Å². The zero-order valence-corrected chi connectivity index (χ0v) is 10.8. The molecule has 0 aliphatic rings. The number of ether oxygens (including phenoxy) is 1. The van der Waals surface area contributed by atoms with Gasteiger partial charge in [-0.15, -0.1) is 0 Å². The summed E-state index contributed by atoms with van der Waals surface area (Å²) in [5.74, 6) is 0.228. The minimum atomic E-state index is -0.421. The fourth-order valence-corrected chi connectivity index (χ4v) is 1.59. The molecule has 0 atom stereocenters. The van der Waals surface area contributed by atoms with E-state index in [4.69, 9.17) is 4.74 Å². The fraction of sp³-hybridized carbons (Fsp3) is 0.571. The molecular formula is C14H21FO2. The third-order valence-electron chi connectivity index (χ3n) is 2.82. The van der Waals surface area contributed by atoms with Crippen molar-refractivity contribution in [2.75, 3.05) is 13.2 Å². The van der Waals surface area contributed by atoms with E-state index in [9.17, 15) is 9.50 Å². The average molecular weight is 240 g/mol. The highest BCUT2D eigenvalue weighted by Gasteiger charge is 2.24. The molecule has 2 nitrogen and oxygen atoms in total. The van der Waals surface area contributed by atoms with Gasteiger partial charge in [-0.1, -0.05) is 33.3 Å². The normalized spacial score (nSPS) is 11.6. The van der Waals surface area contributed by atoms with Crippen LogP contribution in [0.5, 0.6) is 5.75 Å². The van der Waals surface area contributed by atoms with E-state index in [2.05, 4.69) is 6.92 Å². The number of rotatable bonds is 6. The molecule has 1 N–H and O–H groups in total. The molecule has 96 valence electrons. The lowest BCUT2D eigenvalue weighted by molar-refractivity contribution is 0.211. The molecule has 0 radical (unpaired) electrons. The van der Waals surface area contributed by atoms with Crippen LogP contribution in [0.4, 0.5) is 4.39 Å². The molecule has 0 fully saturated rings. The second-order valence-corrected chi connectivity index (χ2v) is 4.88. The van der Waals surface area contributed by atoms with Crippen LogP contribution in [0.15, 0.2) is 18.2 Å². The summed E-state index contributed by atoms with van der Waals surface area (Å²) in [4.78, 5) is 0. The predicted molar refractivity (Wildman–Crippen MR) is 66.9 cm³/mol. The Morgan fingerprint density at radius 3 is 2.65 bits per heavy atom. The highest BCUT2D eigenvalue weighted by atomic mass is 19.1. The Morgan fingerprint density at radius 1 is 1.35 bits per heavy atom. The highest BCUT2D eigenvalue weighted by molar-refractivity contribution is 5.39. The Kier molecular flexibility index (Phi) is 4.94. The van der Waals surface area contributed by atoms with Crippen molar-refractivity contribution in [3.05, 3.63) is 29.6 Å². The van der Waals surface area contributed by atoms with E-state index < -0.39 is 5.41 Å². The first-order valence-corrected chi connectivity index (χ1v) is 6.05. The number of hydrogen-bond acceptors (Lipinski definition) is 2. The van der Waals surface area contributed by atoms with Gasteiger partial charge in [-0.05, 0) is 12.5 Å². The van der Waals surface area contributed by atoms with Crippen LogP contribution in [0.2, 0.25) is 0 Å². The first-order valence-electron chi connectivity index (χ1n) is 6.05. The van der Waals surface area contributed by atoms with Crippen molar-refractivity contribution in [3.63, 3.8) is 0 Å². The van der Waals surface area contributed by atoms with Crippen LogP contribution in [0, 0.1) is 5.82 Å². The van der Waals surface area contributed by atoms with Crippen molar-refractivity contribution in [1.29, 1.82) is 0 Å². The summed E-state index contributed by atoms with van der Waals surface area (Å²) in [7, 11) is 0. The Hall–Kier alpha value is -1.09. The molecule has 0 saturated carbocycles. The van der Waals surface area contributed by atoms with Gasteiger partial charge in [0.25, 0.3) is 0 Å². The molecule has 17 heavy (non-hydrogen) atoms. The summed E-state index contributed by atoms with van der Waals surface area (Å²) in [5, 5.41) is 9.36. The maximum absolute atomic E-state index is 13.2. The lowest BCUT2D eigenvalue weighted by Crippen LogP contribution is -2.23. The summed E-state index contributed by atoms with van der Waals surface area (Å²) < 4.78 is 18.8. The van der Waals surface area contributed by atoms with Crippen molar-refractivity contribution >= 4 is 0 Å². The molecule has 0 aliphatic carbocycles. The highest BCUT2D eigenvalue weighted by Crippen LogP contribution is 2.32. The second kappa shape index (κ2) is 6.01. The van der Waals surface area contributed by atoms with Gasteiger partial charge in [0.2, 0.25) is 0 Å². The number of aliphatic hydroxyl groups excluding tert-OH is 1. The summed E-state index contributed by atoms with van der Waals surface area (Å²) in [6, 6.07) is 4.48. The standard InChI is InChI=1S/C14H21FO2/c1-4-5-8-17-13-9-11(15)6-7-12(13)14(2,3)10-16/h6-7,9,16H,4-5,8,10H2,1-3H3. The summed E-state index contributed by atoms with van der Waals surface area (Å²) in [6.07, 6.45) is 1.98. The molecule has 3 heteroatoms. The molecule has 1 rings (SSSR count). The van der Waals surface area contributed by atoms with Crippen molar-refractivity contribution in [2.45, 2.75) is 39.0 Å².